The van der Waals surface area contributed by atoms with Crippen molar-refractivity contribution in [3.8, 4) is 0 Å². The molecule has 0 aromatic heterocycles. The molecule has 2 aliphatic rings. The molecular weight excluding hydrogens is 574 g/mol. The number of carbonyl (C=O) groups is 6. The maximum atomic E-state index is 13.3. The van der Waals surface area contributed by atoms with Gasteiger partial charge < -0.3 is 20.6 Å². The number of nitrogens with one attached hydrogen (secondary N) is 1. The van der Waals surface area contributed by atoms with Gasteiger partial charge in [0.2, 0.25) is 5.91 Å². The van der Waals surface area contributed by atoms with Crippen molar-refractivity contribution in [1.29, 1.82) is 0 Å². The van der Waals surface area contributed by atoms with Crippen LogP contribution in [0.1, 0.15) is 31.8 Å². The van der Waals surface area contributed by atoms with Gasteiger partial charge in [-0.15, -0.1) is 0 Å². The Labute approximate surface area is 253 Å². The molecule has 44 heavy (non-hydrogen) atoms. The van der Waals surface area contributed by atoms with Gasteiger partial charge in [-0.25, -0.2) is 0 Å². The van der Waals surface area contributed by atoms with Gasteiger partial charge >= 0.3 is 17.9 Å². The zero-order valence-corrected chi connectivity index (χ0v) is 24.1. The van der Waals surface area contributed by atoms with Crippen LogP contribution in [-0.4, -0.2) is 149 Å². The summed E-state index contributed by atoms with van der Waals surface area (Å²) in [5.41, 5.74) is 1.07. The summed E-state index contributed by atoms with van der Waals surface area (Å²) in [7, 11) is 0. The maximum absolute atomic E-state index is 13.3. The Morgan fingerprint density at radius 3 is 1.36 bits per heavy atom. The third kappa shape index (κ3) is 8.54. The monoisotopic (exact) mass is 609 g/mol. The van der Waals surface area contributed by atoms with Crippen LogP contribution in [-0.2, 0) is 19.2 Å². The summed E-state index contributed by atoms with van der Waals surface area (Å²) in [4.78, 5) is 80.9. The number of rotatable bonds is 9. The quantitative estimate of drug-likeness (QED) is 0.252. The van der Waals surface area contributed by atoms with E-state index >= 15 is 0 Å². The van der Waals surface area contributed by atoms with Gasteiger partial charge in [-0.05, 0) is 6.07 Å². The molecule has 1 amide bonds. The molecule has 4 rings (SSSR count). The zero-order chi connectivity index (χ0) is 31.8. The highest BCUT2D eigenvalue weighted by atomic mass is 16.4. The van der Waals surface area contributed by atoms with E-state index in [1.54, 1.807) is 62.1 Å². The fourth-order valence-electron chi connectivity index (χ4n) is 5.43. The van der Waals surface area contributed by atoms with Crippen LogP contribution >= 0.6 is 0 Å². The van der Waals surface area contributed by atoms with Crippen LogP contribution in [0.4, 0.5) is 5.69 Å². The number of fused-ring (bicyclic) bond motifs is 2. The molecule has 14 nitrogen and oxygen atoms in total. The van der Waals surface area contributed by atoms with Gasteiger partial charge in [-0.2, -0.15) is 0 Å². The van der Waals surface area contributed by atoms with Gasteiger partial charge in [0.1, 0.15) is 0 Å². The minimum absolute atomic E-state index is 0.115. The van der Waals surface area contributed by atoms with Gasteiger partial charge in [0.05, 0.1) is 37.4 Å². The second-order valence-corrected chi connectivity index (χ2v) is 10.8. The molecule has 2 aromatic rings. The summed E-state index contributed by atoms with van der Waals surface area (Å²) in [6, 6.07) is 11.2. The summed E-state index contributed by atoms with van der Waals surface area (Å²) in [6.07, 6.45) is 0. The van der Waals surface area contributed by atoms with E-state index in [1.807, 2.05) is 0 Å². The lowest BCUT2D eigenvalue weighted by molar-refractivity contribution is -0.140. The van der Waals surface area contributed by atoms with Crippen LogP contribution in [0.25, 0.3) is 0 Å². The highest BCUT2D eigenvalue weighted by molar-refractivity contribution is 6.30. The summed E-state index contributed by atoms with van der Waals surface area (Å²) >= 11 is 0. The summed E-state index contributed by atoms with van der Waals surface area (Å²) in [5.74, 6) is -4.29. The third-order valence-electron chi connectivity index (χ3n) is 7.60. The Morgan fingerprint density at radius 2 is 0.932 bits per heavy atom. The standard InChI is InChI=1S/C30H35N5O9/c36-24(31-23-7-3-6-22-28(23)30(44)21-5-2-1-4-20(21)29(22)43)16-32-8-10-33(17-25(37)38)12-14-35(19-27(41)42)15-13-34(11-9-32)18-26(39)40/h1-7H,8-19H2,(H,31,36)(H,37,38)(H,39,40)(H,41,42). The van der Waals surface area contributed by atoms with Gasteiger partial charge in [0.15, 0.2) is 11.6 Å². The fourth-order valence-corrected chi connectivity index (χ4v) is 5.43. The fraction of sp³-hybridized carbons (Fsp3) is 0.400. The van der Waals surface area contributed by atoms with Crippen molar-refractivity contribution in [2.75, 3.05) is 83.9 Å². The highest BCUT2D eigenvalue weighted by Gasteiger charge is 2.32. The zero-order valence-electron chi connectivity index (χ0n) is 24.1. The first kappa shape index (κ1) is 32.4. The molecule has 0 unspecified atom stereocenters. The Morgan fingerprint density at radius 1 is 0.545 bits per heavy atom. The van der Waals surface area contributed by atoms with Gasteiger partial charge in [0.25, 0.3) is 0 Å². The number of anilines is 1. The second-order valence-electron chi connectivity index (χ2n) is 10.8. The molecule has 234 valence electrons. The van der Waals surface area contributed by atoms with E-state index in [0.717, 1.165) is 0 Å². The first-order chi connectivity index (χ1) is 21.0. The van der Waals surface area contributed by atoms with E-state index in [9.17, 15) is 44.1 Å². The SMILES string of the molecule is O=C(O)CN1CCN(CC(=O)O)CCN(CC(=O)Nc2cccc3c2C(=O)c2ccccc2C3=O)CCN(CC(=O)O)CC1. The van der Waals surface area contributed by atoms with Crippen LogP contribution in [0.5, 0.6) is 0 Å². The number of carboxylic acids is 3. The van der Waals surface area contributed by atoms with Crippen molar-refractivity contribution in [1.82, 2.24) is 19.6 Å². The molecule has 1 saturated heterocycles. The highest BCUT2D eigenvalue weighted by Crippen LogP contribution is 2.31. The van der Waals surface area contributed by atoms with Crippen molar-refractivity contribution in [3.63, 3.8) is 0 Å². The van der Waals surface area contributed by atoms with Crippen molar-refractivity contribution in [2.45, 2.75) is 0 Å². The lowest BCUT2D eigenvalue weighted by atomic mass is 9.83. The number of hydrogen-bond donors (Lipinski definition) is 4. The van der Waals surface area contributed by atoms with Crippen molar-refractivity contribution in [3.05, 3.63) is 64.7 Å². The lowest BCUT2D eigenvalue weighted by Gasteiger charge is -2.32. The topological polar surface area (TPSA) is 188 Å². The number of hydrogen-bond acceptors (Lipinski definition) is 10. The van der Waals surface area contributed by atoms with Crippen molar-refractivity contribution >= 4 is 41.1 Å². The number of nitrogens with zero attached hydrogens (tertiary/aromatic N) is 4. The number of benzene rings is 2. The Bertz CT molecular complexity index is 1410. The van der Waals surface area contributed by atoms with Gasteiger partial charge in [-0.1, -0.05) is 36.4 Å². The van der Waals surface area contributed by atoms with E-state index in [2.05, 4.69) is 5.32 Å². The van der Waals surface area contributed by atoms with Crippen LogP contribution in [0.3, 0.4) is 0 Å². The molecule has 0 bridgehead atoms. The average molecular weight is 610 g/mol. The van der Waals surface area contributed by atoms with Crippen LogP contribution in [0.2, 0.25) is 0 Å². The molecule has 0 spiro atoms. The Balaban J connectivity index is 1.51. The maximum Gasteiger partial charge on any atom is 0.317 e. The molecule has 1 aliphatic carbocycles. The van der Waals surface area contributed by atoms with E-state index in [4.69, 9.17) is 0 Å². The second kappa shape index (κ2) is 14.8. The van der Waals surface area contributed by atoms with Crippen molar-refractivity contribution in [2.24, 2.45) is 0 Å². The molecule has 0 atom stereocenters. The predicted octanol–water partition coefficient (Wildman–Crippen LogP) is -0.124. The number of ketones is 2. The summed E-state index contributed by atoms with van der Waals surface area (Å²) in [6.45, 7) is 1.10. The first-order valence-corrected chi connectivity index (χ1v) is 14.2. The average Bonchev–Trinajstić information content (AvgIpc) is 2.96. The Kier molecular flexibility index (Phi) is 10.9. The van der Waals surface area contributed by atoms with E-state index in [-0.39, 0.29) is 112 Å². The minimum Gasteiger partial charge on any atom is -0.480 e. The number of carboxylic acid groups (broad SMARTS) is 3. The van der Waals surface area contributed by atoms with E-state index < -0.39 is 23.8 Å². The van der Waals surface area contributed by atoms with Crippen LogP contribution < -0.4 is 5.32 Å². The number of amides is 1. The molecule has 1 fully saturated rings. The molecule has 4 N–H and O–H groups in total. The van der Waals surface area contributed by atoms with Gasteiger partial charge in [-0.3, -0.25) is 48.4 Å². The molecular formula is C30H35N5O9. The summed E-state index contributed by atoms with van der Waals surface area (Å²) < 4.78 is 0. The molecule has 14 heteroatoms. The van der Waals surface area contributed by atoms with Crippen molar-refractivity contribution < 1.29 is 44.1 Å². The number of aliphatic carboxylic acids is 3. The minimum atomic E-state index is -1.05. The predicted molar refractivity (Wildman–Crippen MR) is 157 cm³/mol. The molecule has 2 aromatic carbocycles. The van der Waals surface area contributed by atoms with Gasteiger partial charge in [0, 0.05) is 69.0 Å². The third-order valence-corrected chi connectivity index (χ3v) is 7.60. The van der Waals surface area contributed by atoms with E-state index in [0.29, 0.717) is 5.56 Å². The van der Waals surface area contributed by atoms with Crippen LogP contribution in [0.15, 0.2) is 42.5 Å². The first-order valence-electron chi connectivity index (χ1n) is 14.2. The molecule has 1 aliphatic heterocycles. The molecule has 0 saturated carbocycles. The Hall–Kier alpha value is -4.50. The van der Waals surface area contributed by atoms with Crippen LogP contribution in [0, 0.1) is 0 Å². The lowest BCUT2D eigenvalue weighted by Crippen LogP contribution is -2.49. The normalized spacial score (nSPS) is 17.5. The molecule has 1 heterocycles. The largest absolute Gasteiger partial charge is 0.480 e. The summed E-state index contributed by atoms with van der Waals surface area (Å²) in [5, 5.41) is 30.9. The van der Waals surface area contributed by atoms with E-state index in [1.165, 1.54) is 0 Å². The number of carbonyl (C=O) groups excluding carboxylic acids is 3. The molecule has 0 radical (unpaired) electrons. The smallest absolute Gasteiger partial charge is 0.317 e.